The van der Waals surface area contributed by atoms with Crippen LogP contribution in [0.3, 0.4) is 0 Å². The number of unbranched alkanes of at least 4 members (excludes halogenated alkanes) is 10. The van der Waals surface area contributed by atoms with E-state index in [1.165, 1.54) is 64.7 Å². The van der Waals surface area contributed by atoms with Crippen LogP contribution in [0.2, 0.25) is 0 Å². The van der Waals surface area contributed by atoms with Crippen molar-refractivity contribution < 1.29 is 28.8 Å². The van der Waals surface area contributed by atoms with Crippen LogP contribution in [0, 0.1) is 0 Å². The molecule has 2 aromatic rings. The molecule has 2 rings (SSSR count). The Kier molecular flexibility index (Phi) is 18.1. The zero-order chi connectivity index (χ0) is 30.4. The van der Waals surface area contributed by atoms with Gasteiger partial charge in [0, 0.05) is 6.92 Å². The van der Waals surface area contributed by atoms with E-state index in [-0.39, 0.29) is 19.1 Å². The van der Waals surface area contributed by atoms with Crippen molar-refractivity contribution >= 4 is 5.91 Å². The lowest BCUT2D eigenvalue weighted by Crippen LogP contribution is -2.52. The van der Waals surface area contributed by atoms with Crippen LogP contribution in [-0.2, 0) is 16.1 Å². The molecule has 7 heteroatoms. The summed E-state index contributed by atoms with van der Waals surface area (Å²) in [4.78, 5) is 12.1. The van der Waals surface area contributed by atoms with Crippen LogP contribution >= 0.6 is 0 Å². The molecular weight excluding hydrogens is 530 g/mol. The van der Waals surface area contributed by atoms with Crippen LogP contribution in [0.25, 0.3) is 0 Å². The first-order valence-electron chi connectivity index (χ1n) is 15.6. The molecule has 0 heterocycles. The Balaban J connectivity index is 1.96. The van der Waals surface area contributed by atoms with Gasteiger partial charge in [0.1, 0.15) is 36.1 Å². The summed E-state index contributed by atoms with van der Waals surface area (Å²) < 4.78 is 22.7. The molecule has 0 saturated carbocycles. The Morgan fingerprint density at radius 3 is 1.88 bits per heavy atom. The van der Waals surface area contributed by atoms with E-state index in [9.17, 15) is 9.90 Å². The number of carbonyl (C=O) groups is 1. The summed E-state index contributed by atoms with van der Waals surface area (Å²) in [5, 5.41) is 14.2. The molecule has 0 aliphatic carbocycles. The quantitative estimate of drug-likeness (QED) is 0.105. The summed E-state index contributed by atoms with van der Waals surface area (Å²) in [7, 11) is 3.24. The number of carbonyl (C=O) groups excluding carboxylic acids is 1. The number of hydrogen-bond acceptors (Lipinski definition) is 6. The first-order chi connectivity index (χ1) is 20.5. The second kappa shape index (κ2) is 21.6. The Morgan fingerprint density at radius 1 is 0.810 bits per heavy atom. The van der Waals surface area contributed by atoms with E-state index >= 15 is 0 Å². The minimum atomic E-state index is -0.928. The van der Waals surface area contributed by atoms with E-state index in [2.05, 4.69) is 12.2 Å². The molecule has 234 valence electrons. The first kappa shape index (κ1) is 35.2. The fraction of sp³-hybridized carbons (Fsp3) is 0.571. The van der Waals surface area contributed by atoms with Gasteiger partial charge < -0.3 is 29.4 Å². The first-order valence-corrected chi connectivity index (χ1v) is 15.6. The van der Waals surface area contributed by atoms with Crippen molar-refractivity contribution in [1.29, 1.82) is 0 Å². The van der Waals surface area contributed by atoms with E-state index in [1.807, 2.05) is 42.5 Å². The summed E-state index contributed by atoms with van der Waals surface area (Å²) in [5.41, 5.74) is 0.931. The van der Waals surface area contributed by atoms with Crippen LogP contribution < -0.4 is 19.5 Å². The third-order valence-corrected chi connectivity index (χ3v) is 7.27. The SMILES string of the molecule is CCCCCCCCCCCC/C=C/[C@@H](O)[C@@H](OCc1ccc(OC)cc1)[C@@H](COc1ccc(OC)cc1)NC(C)=O. The number of ether oxygens (including phenoxy) is 4. The lowest BCUT2D eigenvalue weighted by molar-refractivity contribution is -0.123. The number of rotatable bonds is 23. The maximum absolute atomic E-state index is 12.1. The molecule has 2 aromatic carbocycles. The number of aliphatic hydroxyl groups excluding tert-OH is 1. The zero-order valence-corrected chi connectivity index (χ0v) is 26.2. The molecule has 0 aromatic heterocycles. The zero-order valence-electron chi connectivity index (χ0n) is 26.2. The molecule has 0 radical (unpaired) electrons. The number of nitrogens with one attached hydrogen (secondary N) is 1. The monoisotopic (exact) mass is 583 g/mol. The molecular formula is C35H53NO6. The van der Waals surface area contributed by atoms with Crippen LogP contribution in [0.1, 0.15) is 90.0 Å². The van der Waals surface area contributed by atoms with Gasteiger partial charge in [-0.15, -0.1) is 0 Å². The molecule has 0 fully saturated rings. The molecule has 0 saturated heterocycles. The third-order valence-electron chi connectivity index (χ3n) is 7.27. The predicted octanol–water partition coefficient (Wildman–Crippen LogP) is 7.40. The summed E-state index contributed by atoms with van der Waals surface area (Å²) in [6, 6.07) is 14.2. The highest BCUT2D eigenvalue weighted by molar-refractivity contribution is 5.73. The molecule has 7 nitrogen and oxygen atoms in total. The van der Waals surface area contributed by atoms with Crippen molar-refractivity contribution in [3.8, 4) is 17.2 Å². The topological polar surface area (TPSA) is 86.2 Å². The van der Waals surface area contributed by atoms with Crippen molar-refractivity contribution in [2.45, 2.75) is 109 Å². The van der Waals surface area contributed by atoms with Crippen molar-refractivity contribution in [1.82, 2.24) is 5.32 Å². The molecule has 2 N–H and O–H groups in total. The van der Waals surface area contributed by atoms with Gasteiger partial charge in [0.2, 0.25) is 5.91 Å². The van der Waals surface area contributed by atoms with Crippen molar-refractivity contribution in [2.24, 2.45) is 0 Å². The van der Waals surface area contributed by atoms with Gasteiger partial charge in [-0.2, -0.15) is 0 Å². The van der Waals surface area contributed by atoms with Gasteiger partial charge in [-0.25, -0.2) is 0 Å². The number of amides is 1. The molecule has 1 amide bonds. The van der Waals surface area contributed by atoms with Crippen LogP contribution in [0.4, 0.5) is 0 Å². The van der Waals surface area contributed by atoms with Crippen molar-refractivity contribution in [3.63, 3.8) is 0 Å². The second-order valence-electron chi connectivity index (χ2n) is 10.8. The molecule has 0 aliphatic rings. The Labute approximate surface area is 253 Å². The molecule has 0 unspecified atom stereocenters. The predicted molar refractivity (Wildman–Crippen MR) is 169 cm³/mol. The van der Waals surface area contributed by atoms with Gasteiger partial charge >= 0.3 is 0 Å². The Morgan fingerprint density at radius 2 is 1.33 bits per heavy atom. The lowest BCUT2D eigenvalue weighted by atomic mass is 10.0. The van der Waals surface area contributed by atoms with Gasteiger partial charge in [0.05, 0.1) is 26.9 Å². The van der Waals surface area contributed by atoms with Gasteiger partial charge in [0.15, 0.2) is 0 Å². The lowest BCUT2D eigenvalue weighted by Gasteiger charge is -2.30. The van der Waals surface area contributed by atoms with E-state index in [4.69, 9.17) is 18.9 Å². The standard InChI is InChI=1S/C35H53NO6/c1-5-6-7-8-9-10-11-12-13-14-15-16-17-34(38)35(42-26-29-18-20-30(39-3)21-19-29)33(36-28(2)37)27-41-32-24-22-31(40-4)23-25-32/h16-25,33-35,38H,5-15,26-27H2,1-4H3,(H,36,37)/b17-16+/t33-,34-,35+/m1/s1. The smallest absolute Gasteiger partial charge is 0.217 e. The fourth-order valence-corrected chi connectivity index (χ4v) is 4.80. The largest absolute Gasteiger partial charge is 0.497 e. The normalized spacial score (nSPS) is 13.5. The van der Waals surface area contributed by atoms with E-state index in [0.717, 1.165) is 29.9 Å². The highest BCUT2D eigenvalue weighted by Gasteiger charge is 2.30. The Hall–Kier alpha value is -3.03. The minimum absolute atomic E-state index is 0.128. The molecule has 0 spiro atoms. The maximum Gasteiger partial charge on any atom is 0.217 e. The summed E-state index contributed by atoms with van der Waals surface area (Å²) in [6.45, 7) is 4.09. The third kappa shape index (κ3) is 14.7. The number of benzene rings is 2. The number of hydrogen-bond donors (Lipinski definition) is 2. The van der Waals surface area contributed by atoms with Gasteiger partial charge in [-0.1, -0.05) is 89.0 Å². The molecule has 3 atom stereocenters. The fourth-order valence-electron chi connectivity index (χ4n) is 4.80. The summed E-state index contributed by atoms with van der Waals surface area (Å²) >= 11 is 0. The van der Waals surface area contributed by atoms with Gasteiger partial charge in [0.25, 0.3) is 0 Å². The molecule has 42 heavy (non-hydrogen) atoms. The van der Waals surface area contributed by atoms with Crippen LogP contribution in [0.15, 0.2) is 60.7 Å². The number of methoxy groups -OCH3 is 2. The van der Waals surface area contributed by atoms with Gasteiger partial charge in [-0.05, 0) is 54.8 Å². The number of aliphatic hydroxyl groups is 1. The summed E-state index contributed by atoms with van der Waals surface area (Å²) in [5.74, 6) is 1.89. The minimum Gasteiger partial charge on any atom is -0.497 e. The van der Waals surface area contributed by atoms with E-state index in [0.29, 0.717) is 5.75 Å². The molecule has 0 bridgehead atoms. The van der Waals surface area contributed by atoms with Gasteiger partial charge in [-0.3, -0.25) is 4.79 Å². The van der Waals surface area contributed by atoms with E-state index in [1.54, 1.807) is 32.4 Å². The average Bonchev–Trinajstić information content (AvgIpc) is 3.00. The summed E-state index contributed by atoms with van der Waals surface area (Å²) in [6.07, 6.45) is 15.9. The maximum atomic E-state index is 12.1. The van der Waals surface area contributed by atoms with E-state index < -0.39 is 18.2 Å². The number of allylic oxidation sites excluding steroid dienone is 1. The second-order valence-corrected chi connectivity index (χ2v) is 10.8. The van der Waals surface area contributed by atoms with Crippen LogP contribution in [0.5, 0.6) is 17.2 Å². The highest BCUT2D eigenvalue weighted by atomic mass is 16.5. The van der Waals surface area contributed by atoms with Crippen molar-refractivity contribution in [2.75, 3.05) is 20.8 Å². The van der Waals surface area contributed by atoms with Crippen molar-refractivity contribution in [3.05, 3.63) is 66.2 Å². The highest BCUT2D eigenvalue weighted by Crippen LogP contribution is 2.20. The van der Waals surface area contributed by atoms with Crippen LogP contribution in [-0.4, -0.2) is 50.1 Å². The Bertz CT molecular complexity index is 992. The molecule has 0 aliphatic heterocycles. The average molecular weight is 584 g/mol.